The van der Waals surface area contributed by atoms with E-state index in [1.54, 1.807) is 48.2 Å². The summed E-state index contributed by atoms with van der Waals surface area (Å²) < 4.78 is 35.9. The van der Waals surface area contributed by atoms with Crippen molar-refractivity contribution in [3.63, 3.8) is 0 Å². The highest BCUT2D eigenvalue weighted by Crippen LogP contribution is 2.18. The number of sulfone groups is 1. The SMILES string of the molecule is CCNC(=NCc1ccc(S(C)(=O)=O)cc1)NCCCSc1ccc(F)cc1.I. The van der Waals surface area contributed by atoms with Crippen molar-refractivity contribution in [2.45, 2.75) is 29.7 Å². The number of nitrogens with one attached hydrogen (secondary N) is 2. The molecule has 160 valence electrons. The van der Waals surface area contributed by atoms with Gasteiger partial charge in [-0.2, -0.15) is 0 Å². The lowest BCUT2D eigenvalue weighted by Crippen LogP contribution is -2.37. The van der Waals surface area contributed by atoms with E-state index in [1.807, 2.05) is 6.92 Å². The summed E-state index contributed by atoms with van der Waals surface area (Å²) in [4.78, 5) is 5.90. The van der Waals surface area contributed by atoms with Gasteiger partial charge in [-0.05, 0) is 61.1 Å². The van der Waals surface area contributed by atoms with Crippen molar-refractivity contribution >= 4 is 51.5 Å². The molecule has 0 radical (unpaired) electrons. The molecule has 0 aliphatic heterocycles. The van der Waals surface area contributed by atoms with Gasteiger partial charge in [0.25, 0.3) is 0 Å². The highest BCUT2D eigenvalue weighted by molar-refractivity contribution is 14.0. The Kier molecular flexibility index (Phi) is 11.6. The van der Waals surface area contributed by atoms with Crippen LogP contribution in [0.15, 0.2) is 63.3 Å². The Morgan fingerprint density at radius 3 is 2.31 bits per heavy atom. The zero-order valence-corrected chi connectivity index (χ0v) is 20.5. The van der Waals surface area contributed by atoms with Gasteiger partial charge in [0.05, 0.1) is 11.4 Å². The maximum Gasteiger partial charge on any atom is 0.191 e. The zero-order valence-electron chi connectivity index (χ0n) is 16.5. The first-order valence-corrected chi connectivity index (χ1v) is 12.0. The maximum atomic E-state index is 12.9. The fourth-order valence-electron chi connectivity index (χ4n) is 2.35. The van der Waals surface area contributed by atoms with E-state index in [1.165, 1.54) is 18.4 Å². The topological polar surface area (TPSA) is 70.6 Å². The van der Waals surface area contributed by atoms with Crippen LogP contribution in [0.4, 0.5) is 4.39 Å². The van der Waals surface area contributed by atoms with Crippen molar-refractivity contribution in [3.8, 4) is 0 Å². The lowest BCUT2D eigenvalue weighted by atomic mass is 10.2. The monoisotopic (exact) mass is 551 g/mol. The molecule has 29 heavy (non-hydrogen) atoms. The fourth-order valence-corrected chi connectivity index (χ4v) is 3.84. The smallest absolute Gasteiger partial charge is 0.191 e. The molecule has 0 amide bonds. The highest BCUT2D eigenvalue weighted by atomic mass is 127. The molecule has 9 heteroatoms. The van der Waals surface area contributed by atoms with Crippen molar-refractivity contribution in [2.24, 2.45) is 4.99 Å². The van der Waals surface area contributed by atoms with E-state index in [0.29, 0.717) is 11.4 Å². The minimum atomic E-state index is -3.18. The van der Waals surface area contributed by atoms with Gasteiger partial charge in [0, 0.05) is 24.2 Å². The fraction of sp³-hybridized carbons (Fsp3) is 0.350. The summed E-state index contributed by atoms with van der Waals surface area (Å²) in [6.45, 7) is 3.99. The molecule has 2 aromatic carbocycles. The van der Waals surface area contributed by atoms with Crippen LogP contribution >= 0.6 is 35.7 Å². The molecule has 0 aliphatic rings. The quantitative estimate of drug-likeness (QED) is 0.162. The molecule has 0 bridgehead atoms. The van der Waals surface area contributed by atoms with Crippen molar-refractivity contribution in [1.29, 1.82) is 0 Å². The molecule has 0 unspecified atom stereocenters. The molecule has 0 spiro atoms. The first kappa shape index (κ1) is 25.7. The largest absolute Gasteiger partial charge is 0.357 e. The predicted molar refractivity (Wildman–Crippen MR) is 130 cm³/mol. The standard InChI is InChI=1S/C20H26FN3O2S2.HI/c1-3-22-20(23-13-4-14-27-18-9-7-17(21)8-10-18)24-15-16-5-11-19(12-6-16)28(2,25)26;/h5-12H,3-4,13-15H2,1-2H3,(H2,22,23,24);1H. The summed E-state index contributed by atoms with van der Waals surface area (Å²) >= 11 is 1.69. The molecule has 0 saturated carbocycles. The summed E-state index contributed by atoms with van der Waals surface area (Å²) in [6.07, 6.45) is 2.14. The summed E-state index contributed by atoms with van der Waals surface area (Å²) in [5.41, 5.74) is 0.941. The molecule has 0 atom stereocenters. The molecule has 0 aliphatic carbocycles. The average molecular weight is 551 g/mol. The summed E-state index contributed by atoms with van der Waals surface area (Å²) in [5.74, 6) is 1.43. The van der Waals surface area contributed by atoms with Crippen molar-refractivity contribution in [1.82, 2.24) is 10.6 Å². The molecular formula is C20H27FIN3O2S2. The van der Waals surface area contributed by atoms with E-state index in [9.17, 15) is 12.8 Å². The molecular weight excluding hydrogens is 524 g/mol. The van der Waals surface area contributed by atoms with Crippen LogP contribution in [-0.2, 0) is 16.4 Å². The van der Waals surface area contributed by atoms with Crippen LogP contribution in [-0.4, -0.2) is 39.5 Å². The third kappa shape index (κ3) is 9.81. The summed E-state index contributed by atoms with van der Waals surface area (Å²) in [7, 11) is -3.18. The molecule has 2 N–H and O–H groups in total. The van der Waals surface area contributed by atoms with Gasteiger partial charge >= 0.3 is 0 Å². The lowest BCUT2D eigenvalue weighted by molar-refractivity contribution is 0.602. The minimum absolute atomic E-state index is 0. The second-order valence-electron chi connectivity index (χ2n) is 6.19. The number of nitrogens with zero attached hydrogens (tertiary/aromatic N) is 1. The molecule has 0 fully saturated rings. The van der Waals surface area contributed by atoms with Gasteiger partial charge < -0.3 is 10.6 Å². The molecule has 0 saturated heterocycles. The number of hydrogen-bond acceptors (Lipinski definition) is 4. The highest BCUT2D eigenvalue weighted by Gasteiger charge is 2.06. The second-order valence-corrected chi connectivity index (χ2v) is 9.38. The van der Waals surface area contributed by atoms with Crippen molar-refractivity contribution in [3.05, 3.63) is 59.9 Å². The van der Waals surface area contributed by atoms with Gasteiger partial charge in [0.1, 0.15) is 5.82 Å². The van der Waals surface area contributed by atoms with Crippen LogP contribution in [0.1, 0.15) is 18.9 Å². The van der Waals surface area contributed by atoms with E-state index in [2.05, 4.69) is 15.6 Å². The van der Waals surface area contributed by atoms with Gasteiger partial charge in [0.2, 0.25) is 0 Å². The minimum Gasteiger partial charge on any atom is -0.357 e. The number of thioether (sulfide) groups is 1. The second kappa shape index (κ2) is 13.1. The maximum absolute atomic E-state index is 12.9. The first-order valence-electron chi connectivity index (χ1n) is 9.08. The zero-order chi connectivity index (χ0) is 20.4. The van der Waals surface area contributed by atoms with E-state index in [0.717, 1.165) is 41.7 Å². The van der Waals surface area contributed by atoms with Crippen LogP contribution in [0.25, 0.3) is 0 Å². The van der Waals surface area contributed by atoms with Gasteiger partial charge in [0.15, 0.2) is 15.8 Å². The number of halogens is 2. The number of guanidine groups is 1. The van der Waals surface area contributed by atoms with Crippen LogP contribution in [0, 0.1) is 5.82 Å². The molecule has 2 rings (SSSR count). The Morgan fingerprint density at radius 1 is 1.07 bits per heavy atom. The van der Waals surface area contributed by atoms with Gasteiger partial charge in [-0.3, -0.25) is 0 Å². The van der Waals surface area contributed by atoms with Crippen molar-refractivity contribution in [2.75, 3.05) is 25.1 Å². The van der Waals surface area contributed by atoms with Crippen LogP contribution in [0.3, 0.4) is 0 Å². The number of hydrogen-bond donors (Lipinski definition) is 2. The molecule has 5 nitrogen and oxygen atoms in total. The van der Waals surface area contributed by atoms with E-state index in [-0.39, 0.29) is 29.8 Å². The van der Waals surface area contributed by atoms with Gasteiger partial charge in [-0.15, -0.1) is 35.7 Å². The van der Waals surface area contributed by atoms with E-state index < -0.39 is 9.84 Å². The van der Waals surface area contributed by atoms with Crippen LogP contribution in [0.5, 0.6) is 0 Å². The Bertz CT molecular complexity index is 874. The predicted octanol–water partition coefficient (Wildman–Crippen LogP) is 4.08. The van der Waals surface area contributed by atoms with E-state index >= 15 is 0 Å². The third-order valence-corrected chi connectivity index (χ3v) is 6.04. The third-order valence-electron chi connectivity index (χ3n) is 3.81. The van der Waals surface area contributed by atoms with Crippen molar-refractivity contribution < 1.29 is 12.8 Å². The number of rotatable bonds is 9. The van der Waals surface area contributed by atoms with E-state index in [4.69, 9.17) is 0 Å². The Labute approximate surface area is 193 Å². The van der Waals surface area contributed by atoms with Crippen LogP contribution in [0.2, 0.25) is 0 Å². The van der Waals surface area contributed by atoms with Gasteiger partial charge in [-0.1, -0.05) is 12.1 Å². The van der Waals surface area contributed by atoms with Gasteiger partial charge in [-0.25, -0.2) is 17.8 Å². The molecule has 0 heterocycles. The Hall–Kier alpha value is -1.33. The van der Waals surface area contributed by atoms with Crippen LogP contribution < -0.4 is 10.6 Å². The average Bonchev–Trinajstić information content (AvgIpc) is 2.67. The molecule has 0 aromatic heterocycles. The molecule has 2 aromatic rings. The first-order chi connectivity index (χ1) is 13.4. The lowest BCUT2D eigenvalue weighted by Gasteiger charge is -2.11. The summed E-state index contributed by atoms with van der Waals surface area (Å²) in [6, 6.07) is 13.3. The Balaban J connectivity index is 0.00000420. The number of aliphatic imine (C=N–C) groups is 1. The normalized spacial score (nSPS) is 11.6. The Morgan fingerprint density at radius 2 is 1.72 bits per heavy atom. The number of benzene rings is 2. The summed E-state index contributed by atoms with van der Waals surface area (Å²) in [5, 5.41) is 6.49.